The molecular weight excluding hydrogens is 248 g/mol. The summed E-state index contributed by atoms with van der Waals surface area (Å²) in [5.74, 6) is -0.0445. The van der Waals surface area contributed by atoms with Gasteiger partial charge in [-0.2, -0.15) is 0 Å². The molecule has 0 bridgehead atoms. The molecule has 1 heterocycles. The van der Waals surface area contributed by atoms with E-state index in [1.165, 1.54) is 11.1 Å². The third-order valence-electron chi connectivity index (χ3n) is 3.70. The molecule has 2 aromatic carbocycles. The first kappa shape index (κ1) is 12.9. The van der Waals surface area contributed by atoms with Crippen LogP contribution < -0.4 is 10.6 Å². The van der Waals surface area contributed by atoms with Crippen LogP contribution in [0.25, 0.3) is 0 Å². The lowest BCUT2D eigenvalue weighted by Gasteiger charge is -2.20. The van der Waals surface area contributed by atoms with Gasteiger partial charge in [-0.05, 0) is 49.2 Å². The van der Waals surface area contributed by atoms with Gasteiger partial charge in [0.25, 0.3) is 5.91 Å². The standard InChI is InChI=1S/C17H18N2O/c1-12-5-7-13(8-6-12)17(20)19-16-4-2-3-14-11-18-10-9-15(14)16/h2-8,18H,9-11H2,1H3,(H,19,20). The van der Waals surface area contributed by atoms with E-state index in [9.17, 15) is 4.79 Å². The maximum absolute atomic E-state index is 12.3. The van der Waals surface area contributed by atoms with E-state index >= 15 is 0 Å². The molecule has 2 N–H and O–H groups in total. The number of carbonyl (C=O) groups is 1. The molecule has 0 radical (unpaired) electrons. The summed E-state index contributed by atoms with van der Waals surface area (Å²) < 4.78 is 0. The van der Waals surface area contributed by atoms with Gasteiger partial charge in [0.2, 0.25) is 0 Å². The van der Waals surface area contributed by atoms with Gasteiger partial charge in [-0.3, -0.25) is 4.79 Å². The second-order valence-corrected chi connectivity index (χ2v) is 5.19. The molecule has 0 aromatic heterocycles. The maximum atomic E-state index is 12.3. The molecule has 0 saturated carbocycles. The monoisotopic (exact) mass is 266 g/mol. The molecule has 3 nitrogen and oxygen atoms in total. The largest absolute Gasteiger partial charge is 0.322 e. The lowest BCUT2D eigenvalue weighted by atomic mass is 9.99. The molecule has 0 spiro atoms. The number of anilines is 1. The van der Waals surface area contributed by atoms with Gasteiger partial charge in [-0.1, -0.05) is 29.8 Å². The predicted molar refractivity (Wildman–Crippen MR) is 81.0 cm³/mol. The Morgan fingerprint density at radius 1 is 1.15 bits per heavy atom. The Kier molecular flexibility index (Phi) is 3.52. The van der Waals surface area contributed by atoms with Crippen molar-refractivity contribution in [1.82, 2.24) is 5.32 Å². The molecule has 102 valence electrons. The van der Waals surface area contributed by atoms with Crippen molar-refractivity contribution >= 4 is 11.6 Å². The Morgan fingerprint density at radius 3 is 2.75 bits per heavy atom. The zero-order valence-electron chi connectivity index (χ0n) is 11.6. The Hall–Kier alpha value is -2.13. The first-order valence-electron chi connectivity index (χ1n) is 6.93. The number of rotatable bonds is 2. The van der Waals surface area contributed by atoms with E-state index < -0.39 is 0 Å². The minimum absolute atomic E-state index is 0.0445. The van der Waals surface area contributed by atoms with Crippen molar-refractivity contribution < 1.29 is 4.79 Å². The summed E-state index contributed by atoms with van der Waals surface area (Å²) in [7, 11) is 0. The zero-order chi connectivity index (χ0) is 13.9. The van der Waals surface area contributed by atoms with E-state index in [4.69, 9.17) is 0 Å². The van der Waals surface area contributed by atoms with Crippen LogP contribution in [0, 0.1) is 6.92 Å². The number of hydrogen-bond acceptors (Lipinski definition) is 2. The van der Waals surface area contributed by atoms with E-state index in [1.807, 2.05) is 43.3 Å². The van der Waals surface area contributed by atoms with Crippen molar-refractivity contribution in [2.24, 2.45) is 0 Å². The Balaban J connectivity index is 1.84. The minimum Gasteiger partial charge on any atom is -0.322 e. The molecule has 1 aliphatic heterocycles. The normalized spacial score (nSPS) is 13.7. The molecule has 0 unspecified atom stereocenters. The van der Waals surface area contributed by atoms with Gasteiger partial charge in [-0.25, -0.2) is 0 Å². The Morgan fingerprint density at radius 2 is 1.95 bits per heavy atom. The predicted octanol–water partition coefficient (Wildman–Crippen LogP) is 2.89. The average Bonchev–Trinajstić information content (AvgIpc) is 2.48. The summed E-state index contributed by atoms with van der Waals surface area (Å²) in [4.78, 5) is 12.3. The molecule has 1 aliphatic rings. The highest BCUT2D eigenvalue weighted by Crippen LogP contribution is 2.23. The van der Waals surface area contributed by atoms with Gasteiger partial charge in [0, 0.05) is 17.8 Å². The number of aryl methyl sites for hydroxylation is 1. The van der Waals surface area contributed by atoms with Crippen LogP contribution in [-0.2, 0) is 13.0 Å². The SMILES string of the molecule is Cc1ccc(C(=O)Nc2cccc3c2CCNC3)cc1. The topological polar surface area (TPSA) is 41.1 Å². The van der Waals surface area contributed by atoms with Gasteiger partial charge in [0.15, 0.2) is 0 Å². The summed E-state index contributed by atoms with van der Waals surface area (Å²) >= 11 is 0. The fraction of sp³-hybridized carbons (Fsp3) is 0.235. The molecule has 3 heteroatoms. The summed E-state index contributed by atoms with van der Waals surface area (Å²) in [5.41, 5.74) is 5.33. The van der Waals surface area contributed by atoms with E-state index in [-0.39, 0.29) is 5.91 Å². The van der Waals surface area contributed by atoms with Crippen molar-refractivity contribution in [3.8, 4) is 0 Å². The van der Waals surface area contributed by atoms with Gasteiger partial charge in [0.05, 0.1) is 0 Å². The minimum atomic E-state index is -0.0445. The van der Waals surface area contributed by atoms with Crippen LogP contribution in [0.1, 0.15) is 27.0 Å². The molecule has 20 heavy (non-hydrogen) atoms. The molecule has 0 atom stereocenters. The first-order valence-corrected chi connectivity index (χ1v) is 6.93. The van der Waals surface area contributed by atoms with Gasteiger partial charge < -0.3 is 10.6 Å². The number of hydrogen-bond donors (Lipinski definition) is 2. The summed E-state index contributed by atoms with van der Waals surface area (Å²) in [6, 6.07) is 13.7. The highest BCUT2D eigenvalue weighted by atomic mass is 16.1. The van der Waals surface area contributed by atoms with Crippen LogP contribution in [-0.4, -0.2) is 12.5 Å². The third-order valence-corrected chi connectivity index (χ3v) is 3.70. The maximum Gasteiger partial charge on any atom is 0.255 e. The third kappa shape index (κ3) is 2.58. The Bertz CT molecular complexity index is 632. The number of carbonyl (C=O) groups excluding carboxylic acids is 1. The second-order valence-electron chi connectivity index (χ2n) is 5.19. The molecule has 3 rings (SSSR count). The first-order chi connectivity index (χ1) is 9.74. The summed E-state index contributed by atoms with van der Waals surface area (Å²) in [5, 5.41) is 6.39. The number of fused-ring (bicyclic) bond motifs is 1. The molecule has 1 amide bonds. The van der Waals surface area contributed by atoms with Crippen LogP contribution in [0.4, 0.5) is 5.69 Å². The van der Waals surface area contributed by atoms with Gasteiger partial charge in [-0.15, -0.1) is 0 Å². The van der Waals surface area contributed by atoms with Crippen LogP contribution in [0.2, 0.25) is 0 Å². The Labute approximate surface area is 119 Å². The van der Waals surface area contributed by atoms with Crippen molar-refractivity contribution in [3.05, 3.63) is 64.7 Å². The highest BCUT2D eigenvalue weighted by molar-refractivity contribution is 6.04. The fourth-order valence-electron chi connectivity index (χ4n) is 2.55. The van der Waals surface area contributed by atoms with Crippen molar-refractivity contribution in [2.75, 3.05) is 11.9 Å². The van der Waals surface area contributed by atoms with E-state index in [0.29, 0.717) is 5.56 Å². The van der Waals surface area contributed by atoms with Crippen LogP contribution in [0.15, 0.2) is 42.5 Å². The second kappa shape index (κ2) is 5.47. The summed E-state index contributed by atoms with van der Waals surface area (Å²) in [6.07, 6.45) is 0.958. The molecule has 2 aromatic rings. The molecular formula is C17H18N2O. The van der Waals surface area contributed by atoms with Crippen LogP contribution in [0.3, 0.4) is 0 Å². The summed E-state index contributed by atoms with van der Waals surface area (Å²) in [6.45, 7) is 3.86. The molecule has 0 fully saturated rings. The average molecular weight is 266 g/mol. The molecule has 0 aliphatic carbocycles. The number of amides is 1. The van der Waals surface area contributed by atoms with Gasteiger partial charge >= 0.3 is 0 Å². The number of benzene rings is 2. The smallest absolute Gasteiger partial charge is 0.255 e. The number of nitrogens with one attached hydrogen (secondary N) is 2. The van der Waals surface area contributed by atoms with E-state index in [1.54, 1.807) is 0 Å². The van der Waals surface area contributed by atoms with E-state index in [0.717, 1.165) is 30.8 Å². The lowest BCUT2D eigenvalue weighted by molar-refractivity contribution is 0.102. The van der Waals surface area contributed by atoms with Crippen LogP contribution >= 0.6 is 0 Å². The molecule has 0 saturated heterocycles. The van der Waals surface area contributed by atoms with Crippen molar-refractivity contribution in [2.45, 2.75) is 19.9 Å². The lowest BCUT2D eigenvalue weighted by Crippen LogP contribution is -2.25. The van der Waals surface area contributed by atoms with Crippen LogP contribution in [0.5, 0.6) is 0 Å². The highest BCUT2D eigenvalue weighted by Gasteiger charge is 2.14. The fourth-order valence-corrected chi connectivity index (χ4v) is 2.55. The zero-order valence-corrected chi connectivity index (χ0v) is 11.6. The van der Waals surface area contributed by atoms with Crippen molar-refractivity contribution in [1.29, 1.82) is 0 Å². The van der Waals surface area contributed by atoms with E-state index in [2.05, 4.69) is 16.7 Å². The van der Waals surface area contributed by atoms with Crippen molar-refractivity contribution in [3.63, 3.8) is 0 Å². The quantitative estimate of drug-likeness (QED) is 0.877. The van der Waals surface area contributed by atoms with Gasteiger partial charge in [0.1, 0.15) is 0 Å².